The summed E-state index contributed by atoms with van der Waals surface area (Å²) in [5.41, 5.74) is -0.611. The lowest BCUT2D eigenvalue weighted by Gasteiger charge is -2.27. The number of nitrogens with zero attached hydrogens (tertiary/aromatic N) is 1. The topological polar surface area (TPSA) is 93.1 Å². The molecular formula is C13H23NO6P+. The Hall–Kier alpha value is -1.20. The lowest BCUT2D eigenvalue weighted by Crippen LogP contribution is -2.44. The van der Waals surface area contributed by atoms with Gasteiger partial charge in [-0.05, 0) is 38.2 Å². The second kappa shape index (κ2) is 7.71. The number of esters is 1. The van der Waals surface area contributed by atoms with Crippen LogP contribution in [0.1, 0.15) is 40.0 Å². The van der Waals surface area contributed by atoms with Gasteiger partial charge in [-0.2, -0.15) is 4.89 Å². The Labute approximate surface area is 125 Å². The summed E-state index contributed by atoms with van der Waals surface area (Å²) >= 11 is 0. The number of amides is 1. The molecule has 1 fully saturated rings. The molecule has 0 bridgehead atoms. The van der Waals surface area contributed by atoms with Crippen molar-refractivity contribution in [2.24, 2.45) is 0 Å². The standard InChI is InChI=1S/C13H22NO6P/c1-13(2,3)20-12(16)14-7-4-6-10(14)11(15)19-8-5-9-21(17)18/h10H,4-9H2,1-3H3/p+1/t10-/m0/s1. The Balaban J connectivity index is 2.46. The molecule has 0 aliphatic carbocycles. The van der Waals surface area contributed by atoms with Gasteiger partial charge >= 0.3 is 20.1 Å². The highest BCUT2D eigenvalue weighted by atomic mass is 31.1. The molecule has 2 atom stereocenters. The highest BCUT2D eigenvalue weighted by Crippen LogP contribution is 2.22. The van der Waals surface area contributed by atoms with Crippen molar-refractivity contribution in [1.29, 1.82) is 0 Å². The highest BCUT2D eigenvalue weighted by Gasteiger charge is 2.37. The molecule has 1 aliphatic rings. The number of hydrogen-bond acceptors (Lipinski definition) is 5. The molecule has 0 radical (unpaired) electrons. The molecule has 1 unspecified atom stereocenters. The second-order valence-electron chi connectivity index (χ2n) is 5.93. The Bertz CT molecular complexity index is 406. The van der Waals surface area contributed by atoms with E-state index in [9.17, 15) is 14.2 Å². The van der Waals surface area contributed by atoms with Crippen molar-refractivity contribution in [3.63, 3.8) is 0 Å². The number of ether oxygens (including phenoxy) is 2. The average Bonchev–Trinajstić information content (AvgIpc) is 2.81. The summed E-state index contributed by atoms with van der Waals surface area (Å²) in [5.74, 6) is -0.480. The van der Waals surface area contributed by atoms with Crippen molar-refractivity contribution in [1.82, 2.24) is 4.90 Å². The van der Waals surface area contributed by atoms with E-state index < -0.39 is 31.7 Å². The summed E-state index contributed by atoms with van der Waals surface area (Å²) < 4.78 is 20.8. The van der Waals surface area contributed by atoms with Crippen molar-refractivity contribution in [2.75, 3.05) is 19.3 Å². The van der Waals surface area contributed by atoms with Crippen molar-refractivity contribution < 1.29 is 28.5 Å². The van der Waals surface area contributed by atoms with Crippen LogP contribution in [0.2, 0.25) is 0 Å². The molecular weight excluding hydrogens is 297 g/mol. The average molecular weight is 320 g/mol. The third-order valence-corrected chi connectivity index (χ3v) is 3.59. The van der Waals surface area contributed by atoms with E-state index in [1.54, 1.807) is 20.8 Å². The van der Waals surface area contributed by atoms with E-state index in [4.69, 9.17) is 14.4 Å². The van der Waals surface area contributed by atoms with Crippen molar-refractivity contribution in [3.8, 4) is 0 Å². The zero-order chi connectivity index (χ0) is 16.0. The monoisotopic (exact) mass is 320 g/mol. The predicted molar refractivity (Wildman–Crippen MR) is 76.2 cm³/mol. The maximum Gasteiger partial charge on any atom is 0.505 e. The molecule has 0 aromatic carbocycles. The van der Waals surface area contributed by atoms with Crippen LogP contribution >= 0.6 is 8.03 Å². The van der Waals surface area contributed by atoms with Crippen molar-refractivity contribution >= 4 is 20.1 Å². The third-order valence-electron chi connectivity index (χ3n) is 2.89. The van der Waals surface area contributed by atoms with Crippen LogP contribution in [0.3, 0.4) is 0 Å². The Kier molecular flexibility index (Phi) is 6.55. The van der Waals surface area contributed by atoms with Gasteiger partial charge in [0, 0.05) is 13.0 Å². The summed E-state index contributed by atoms with van der Waals surface area (Å²) in [6.45, 7) is 5.86. The van der Waals surface area contributed by atoms with Crippen LogP contribution in [0.15, 0.2) is 0 Å². The summed E-state index contributed by atoms with van der Waals surface area (Å²) in [6, 6.07) is -0.622. The van der Waals surface area contributed by atoms with Crippen LogP contribution in [-0.2, 0) is 18.8 Å². The summed E-state index contributed by atoms with van der Waals surface area (Å²) in [7, 11) is -2.20. The van der Waals surface area contributed by atoms with Crippen LogP contribution < -0.4 is 0 Å². The fourth-order valence-corrected chi connectivity index (χ4v) is 2.42. The van der Waals surface area contributed by atoms with Crippen LogP contribution in [0.5, 0.6) is 0 Å². The van der Waals surface area contributed by atoms with Gasteiger partial charge in [0.25, 0.3) is 0 Å². The molecule has 1 rings (SSSR count). The van der Waals surface area contributed by atoms with Gasteiger partial charge in [-0.3, -0.25) is 4.90 Å². The molecule has 7 nitrogen and oxygen atoms in total. The molecule has 1 amide bonds. The summed E-state index contributed by atoms with van der Waals surface area (Å²) in [6.07, 6.45) is 1.19. The maximum absolute atomic E-state index is 12.0. The van der Waals surface area contributed by atoms with Gasteiger partial charge in [-0.15, -0.1) is 0 Å². The minimum absolute atomic E-state index is 0.0825. The number of carbonyl (C=O) groups excluding carboxylic acids is 2. The molecule has 0 aromatic heterocycles. The highest BCUT2D eigenvalue weighted by molar-refractivity contribution is 7.37. The first-order valence-electron chi connectivity index (χ1n) is 7.00. The first-order chi connectivity index (χ1) is 9.70. The van der Waals surface area contributed by atoms with E-state index in [-0.39, 0.29) is 12.8 Å². The SMILES string of the molecule is CC(C)(C)OC(=O)N1CCC[C@H]1C(=O)OCCC[P+](=O)O. The van der Waals surface area contributed by atoms with E-state index in [1.807, 2.05) is 0 Å². The normalized spacial score (nSPS) is 19.3. The van der Waals surface area contributed by atoms with E-state index >= 15 is 0 Å². The second-order valence-corrected chi connectivity index (χ2v) is 7.08. The van der Waals surface area contributed by atoms with Crippen LogP contribution in [0, 0.1) is 0 Å². The minimum atomic E-state index is -2.20. The van der Waals surface area contributed by atoms with Gasteiger partial charge in [0.05, 0.1) is 6.61 Å². The van der Waals surface area contributed by atoms with Gasteiger partial charge in [-0.1, -0.05) is 0 Å². The van der Waals surface area contributed by atoms with Crippen LogP contribution in [-0.4, -0.2) is 52.8 Å². The molecule has 1 saturated heterocycles. The first kappa shape index (κ1) is 17.9. The summed E-state index contributed by atoms with van der Waals surface area (Å²) in [5, 5.41) is 0. The molecule has 1 heterocycles. The molecule has 0 saturated carbocycles. The molecule has 0 spiro atoms. The predicted octanol–water partition coefficient (Wildman–Crippen LogP) is 2.05. The van der Waals surface area contributed by atoms with Crippen molar-refractivity contribution in [2.45, 2.75) is 51.7 Å². The lowest BCUT2D eigenvalue weighted by molar-refractivity contribution is -0.148. The van der Waals surface area contributed by atoms with Gasteiger partial charge in [-0.25, -0.2) is 9.59 Å². The number of hydrogen-bond donors (Lipinski definition) is 1. The molecule has 21 heavy (non-hydrogen) atoms. The fraction of sp³-hybridized carbons (Fsp3) is 0.846. The number of carbonyl (C=O) groups is 2. The Morgan fingerprint density at radius 2 is 2.05 bits per heavy atom. The van der Waals surface area contributed by atoms with E-state index in [0.717, 1.165) is 6.42 Å². The molecule has 8 heteroatoms. The van der Waals surface area contributed by atoms with Gasteiger partial charge in [0.15, 0.2) is 6.16 Å². The lowest BCUT2D eigenvalue weighted by atomic mass is 10.2. The quantitative estimate of drug-likeness (QED) is 0.473. The Morgan fingerprint density at radius 3 is 2.62 bits per heavy atom. The van der Waals surface area contributed by atoms with E-state index in [2.05, 4.69) is 0 Å². The van der Waals surface area contributed by atoms with E-state index in [0.29, 0.717) is 19.4 Å². The molecule has 120 valence electrons. The zero-order valence-electron chi connectivity index (χ0n) is 12.7. The molecule has 1 aliphatic heterocycles. The van der Waals surface area contributed by atoms with Crippen LogP contribution in [0.4, 0.5) is 4.79 Å². The van der Waals surface area contributed by atoms with E-state index in [1.165, 1.54) is 4.90 Å². The van der Waals surface area contributed by atoms with Gasteiger partial charge < -0.3 is 9.47 Å². The molecule has 1 N–H and O–H groups in total. The Morgan fingerprint density at radius 1 is 1.38 bits per heavy atom. The third kappa shape index (κ3) is 6.40. The smallest absolute Gasteiger partial charge is 0.464 e. The van der Waals surface area contributed by atoms with Gasteiger partial charge in [0.1, 0.15) is 11.6 Å². The van der Waals surface area contributed by atoms with Crippen LogP contribution in [0.25, 0.3) is 0 Å². The minimum Gasteiger partial charge on any atom is -0.464 e. The number of rotatable bonds is 5. The maximum atomic E-state index is 12.0. The first-order valence-corrected chi connectivity index (χ1v) is 8.40. The summed E-state index contributed by atoms with van der Waals surface area (Å²) in [4.78, 5) is 34.0. The zero-order valence-corrected chi connectivity index (χ0v) is 13.6. The number of likely N-dealkylation sites (tertiary alicyclic amines) is 1. The van der Waals surface area contributed by atoms with Gasteiger partial charge in [0.2, 0.25) is 0 Å². The largest absolute Gasteiger partial charge is 0.505 e. The molecule has 0 aromatic rings. The fourth-order valence-electron chi connectivity index (χ4n) is 2.02. The van der Waals surface area contributed by atoms with Crippen molar-refractivity contribution in [3.05, 3.63) is 0 Å².